The van der Waals surface area contributed by atoms with Crippen molar-refractivity contribution in [3.63, 3.8) is 0 Å². The molecule has 1 fully saturated rings. The maximum atomic E-state index is 12.4. The third-order valence-electron chi connectivity index (χ3n) is 3.59. The summed E-state index contributed by atoms with van der Waals surface area (Å²) in [6.45, 7) is 16.0. The van der Waals surface area contributed by atoms with Gasteiger partial charge in [0.15, 0.2) is 0 Å². The van der Waals surface area contributed by atoms with Crippen LogP contribution >= 0.6 is 0 Å². The first-order valence-corrected chi connectivity index (χ1v) is 7.35. The SMILES string of the molecule is CC(C)[C@H]1CN[C@@H](C(C)C)CN1C(=O)OC(C)(C)C. The number of carbonyl (C=O) groups excluding carboxylic acids is 1. The van der Waals surface area contributed by atoms with Gasteiger partial charge in [0.05, 0.1) is 0 Å². The third kappa shape index (κ3) is 4.68. The lowest BCUT2D eigenvalue weighted by atomic mass is 9.95. The highest BCUT2D eigenvalue weighted by molar-refractivity contribution is 5.69. The number of ether oxygens (including phenoxy) is 1. The Morgan fingerprint density at radius 2 is 1.79 bits per heavy atom. The second kappa shape index (κ2) is 6.12. The van der Waals surface area contributed by atoms with Gasteiger partial charge in [-0.05, 0) is 32.6 Å². The molecule has 1 aliphatic heterocycles. The number of hydrogen-bond donors (Lipinski definition) is 1. The van der Waals surface area contributed by atoms with E-state index in [2.05, 4.69) is 33.0 Å². The van der Waals surface area contributed by atoms with Gasteiger partial charge in [-0.3, -0.25) is 0 Å². The van der Waals surface area contributed by atoms with Gasteiger partial charge in [-0.15, -0.1) is 0 Å². The van der Waals surface area contributed by atoms with E-state index >= 15 is 0 Å². The molecule has 0 bridgehead atoms. The van der Waals surface area contributed by atoms with Crippen LogP contribution in [-0.4, -0.2) is 41.8 Å². The molecule has 1 rings (SSSR count). The van der Waals surface area contributed by atoms with Crippen LogP contribution in [0.2, 0.25) is 0 Å². The van der Waals surface area contributed by atoms with Crippen LogP contribution in [0, 0.1) is 11.8 Å². The average molecular weight is 270 g/mol. The average Bonchev–Trinajstić information content (AvgIpc) is 2.25. The second-order valence-corrected chi connectivity index (χ2v) is 7.20. The second-order valence-electron chi connectivity index (χ2n) is 7.20. The van der Waals surface area contributed by atoms with Gasteiger partial charge in [0, 0.05) is 25.2 Å². The molecule has 19 heavy (non-hydrogen) atoms. The summed E-state index contributed by atoms with van der Waals surface area (Å²) >= 11 is 0. The molecule has 0 aliphatic carbocycles. The molecule has 0 radical (unpaired) electrons. The van der Waals surface area contributed by atoms with Gasteiger partial charge >= 0.3 is 6.09 Å². The molecule has 1 amide bonds. The lowest BCUT2D eigenvalue weighted by Crippen LogP contribution is -2.61. The normalized spacial score (nSPS) is 25.0. The molecular formula is C15H30N2O2. The number of carbonyl (C=O) groups is 1. The van der Waals surface area contributed by atoms with Crippen molar-refractivity contribution < 1.29 is 9.53 Å². The Labute approximate surface area is 117 Å². The minimum absolute atomic E-state index is 0.182. The van der Waals surface area contributed by atoms with E-state index in [1.165, 1.54) is 0 Å². The summed E-state index contributed by atoms with van der Waals surface area (Å²) < 4.78 is 5.54. The molecule has 2 atom stereocenters. The van der Waals surface area contributed by atoms with Crippen LogP contribution in [0.25, 0.3) is 0 Å². The molecule has 1 aliphatic rings. The van der Waals surface area contributed by atoms with E-state index in [-0.39, 0.29) is 12.1 Å². The van der Waals surface area contributed by atoms with Crippen molar-refractivity contribution in [3.8, 4) is 0 Å². The molecule has 4 heteroatoms. The van der Waals surface area contributed by atoms with Crippen molar-refractivity contribution in [2.75, 3.05) is 13.1 Å². The quantitative estimate of drug-likeness (QED) is 0.839. The summed E-state index contributed by atoms with van der Waals surface area (Å²) in [4.78, 5) is 14.3. The maximum absolute atomic E-state index is 12.4. The Bertz CT molecular complexity index is 308. The number of rotatable bonds is 2. The summed E-state index contributed by atoms with van der Waals surface area (Å²) in [5.74, 6) is 0.936. The highest BCUT2D eigenvalue weighted by Gasteiger charge is 2.36. The van der Waals surface area contributed by atoms with Crippen molar-refractivity contribution in [1.82, 2.24) is 10.2 Å². The van der Waals surface area contributed by atoms with E-state index < -0.39 is 5.60 Å². The van der Waals surface area contributed by atoms with Crippen LogP contribution < -0.4 is 5.32 Å². The molecule has 0 saturated carbocycles. The number of nitrogens with zero attached hydrogens (tertiary/aromatic N) is 1. The fraction of sp³-hybridized carbons (Fsp3) is 0.933. The fourth-order valence-corrected chi connectivity index (χ4v) is 2.37. The summed E-state index contributed by atoms with van der Waals surface area (Å²) in [6, 6.07) is 0.562. The Morgan fingerprint density at radius 1 is 1.21 bits per heavy atom. The zero-order valence-electron chi connectivity index (χ0n) is 13.5. The molecule has 0 unspecified atom stereocenters. The first-order chi connectivity index (χ1) is 8.61. The first-order valence-electron chi connectivity index (χ1n) is 7.35. The van der Waals surface area contributed by atoms with Gasteiger partial charge in [-0.25, -0.2) is 4.79 Å². The Kier molecular flexibility index (Phi) is 5.25. The number of hydrogen-bond acceptors (Lipinski definition) is 3. The topological polar surface area (TPSA) is 41.6 Å². The van der Waals surface area contributed by atoms with Crippen LogP contribution in [0.3, 0.4) is 0 Å². The van der Waals surface area contributed by atoms with Crippen LogP contribution in [0.1, 0.15) is 48.5 Å². The Morgan fingerprint density at radius 3 is 2.21 bits per heavy atom. The van der Waals surface area contributed by atoms with Gasteiger partial charge < -0.3 is 15.0 Å². The Balaban J connectivity index is 2.79. The summed E-state index contributed by atoms with van der Waals surface area (Å²) in [5.41, 5.74) is -0.434. The molecule has 0 aromatic rings. The van der Waals surface area contributed by atoms with Crippen molar-refractivity contribution in [3.05, 3.63) is 0 Å². The monoisotopic (exact) mass is 270 g/mol. The van der Waals surface area contributed by atoms with E-state index in [0.29, 0.717) is 17.9 Å². The first kappa shape index (κ1) is 16.3. The minimum Gasteiger partial charge on any atom is -0.444 e. The highest BCUT2D eigenvalue weighted by Crippen LogP contribution is 2.21. The summed E-state index contributed by atoms with van der Waals surface area (Å²) in [6.07, 6.45) is -0.182. The van der Waals surface area contributed by atoms with E-state index in [4.69, 9.17) is 4.74 Å². The lowest BCUT2D eigenvalue weighted by Gasteiger charge is -2.43. The number of piperazine rings is 1. The molecule has 0 aromatic carbocycles. The molecular weight excluding hydrogens is 240 g/mol. The molecule has 1 saturated heterocycles. The van der Waals surface area contributed by atoms with Crippen LogP contribution in [-0.2, 0) is 4.74 Å². The summed E-state index contributed by atoms with van der Waals surface area (Å²) in [7, 11) is 0. The van der Waals surface area contributed by atoms with E-state index in [0.717, 1.165) is 13.1 Å². The van der Waals surface area contributed by atoms with Crippen LogP contribution in [0.5, 0.6) is 0 Å². The van der Waals surface area contributed by atoms with Gasteiger partial charge in [-0.2, -0.15) is 0 Å². The van der Waals surface area contributed by atoms with Crippen LogP contribution in [0.4, 0.5) is 4.79 Å². The van der Waals surface area contributed by atoms with E-state index in [1.807, 2.05) is 25.7 Å². The van der Waals surface area contributed by atoms with Crippen molar-refractivity contribution in [1.29, 1.82) is 0 Å². The Hall–Kier alpha value is -0.770. The molecule has 112 valence electrons. The lowest BCUT2D eigenvalue weighted by molar-refractivity contribution is -0.00125. The molecule has 0 aromatic heterocycles. The largest absolute Gasteiger partial charge is 0.444 e. The number of amides is 1. The molecule has 1 N–H and O–H groups in total. The van der Waals surface area contributed by atoms with Gasteiger partial charge in [-0.1, -0.05) is 27.7 Å². The van der Waals surface area contributed by atoms with Gasteiger partial charge in [0.2, 0.25) is 0 Å². The van der Waals surface area contributed by atoms with E-state index in [9.17, 15) is 4.79 Å². The predicted octanol–water partition coefficient (Wildman–Crippen LogP) is 2.88. The molecule has 4 nitrogen and oxygen atoms in total. The fourth-order valence-electron chi connectivity index (χ4n) is 2.37. The highest BCUT2D eigenvalue weighted by atomic mass is 16.6. The maximum Gasteiger partial charge on any atom is 0.410 e. The number of nitrogens with one attached hydrogen (secondary N) is 1. The van der Waals surface area contributed by atoms with E-state index in [1.54, 1.807) is 0 Å². The van der Waals surface area contributed by atoms with Crippen molar-refractivity contribution >= 4 is 6.09 Å². The minimum atomic E-state index is -0.434. The zero-order chi connectivity index (χ0) is 14.8. The molecule has 1 heterocycles. The van der Waals surface area contributed by atoms with Crippen molar-refractivity contribution in [2.45, 2.75) is 66.2 Å². The smallest absolute Gasteiger partial charge is 0.410 e. The molecule has 0 spiro atoms. The van der Waals surface area contributed by atoms with Gasteiger partial charge in [0.1, 0.15) is 5.60 Å². The standard InChI is InChI=1S/C15H30N2O2/c1-10(2)12-9-17(13(8-16-12)11(3)4)14(18)19-15(5,6)7/h10-13,16H,8-9H2,1-7H3/t12-,13-/m1/s1. The van der Waals surface area contributed by atoms with Crippen molar-refractivity contribution in [2.24, 2.45) is 11.8 Å². The predicted molar refractivity (Wildman–Crippen MR) is 78.2 cm³/mol. The zero-order valence-corrected chi connectivity index (χ0v) is 13.5. The van der Waals surface area contributed by atoms with Gasteiger partial charge in [0.25, 0.3) is 0 Å². The third-order valence-corrected chi connectivity index (χ3v) is 3.59. The van der Waals surface area contributed by atoms with Crippen LogP contribution in [0.15, 0.2) is 0 Å². The summed E-state index contributed by atoms with van der Waals surface area (Å²) in [5, 5.41) is 3.55.